The van der Waals surface area contributed by atoms with Crippen LogP contribution >= 0.6 is 0 Å². The van der Waals surface area contributed by atoms with Gasteiger partial charge in [0.15, 0.2) is 0 Å². The van der Waals surface area contributed by atoms with E-state index in [0.29, 0.717) is 0 Å². The summed E-state index contributed by atoms with van der Waals surface area (Å²) in [6.07, 6.45) is 1.79. The molecule has 1 atom stereocenters. The van der Waals surface area contributed by atoms with Crippen LogP contribution in [0.4, 0.5) is 0 Å². The van der Waals surface area contributed by atoms with Crippen molar-refractivity contribution < 1.29 is 9.90 Å². The molecule has 1 unspecified atom stereocenters. The van der Waals surface area contributed by atoms with Crippen LogP contribution in [-0.2, 0) is 4.79 Å². The Morgan fingerprint density at radius 3 is 2.67 bits per heavy atom. The molecule has 0 aliphatic carbocycles. The number of piperidine rings is 1. The van der Waals surface area contributed by atoms with Crippen molar-refractivity contribution in [3.8, 4) is 0 Å². The lowest BCUT2D eigenvalue weighted by Crippen LogP contribution is -2.51. The van der Waals surface area contributed by atoms with E-state index < -0.39 is 5.41 Å². The summed E-state index contributed by atoms with van der Waals surface area (Å²) in [4.78, 5) is 11.5. The van der Waals surface area contributed by atoms with Crippen molar-refractivity contribution in [1.29, 1.82) is 0 Å². The molecule has 70 valence electrons. The summed E-state index contributed by atoms with van der Waals surface area (Å²) in [6.45, 7) is 4.70. The zero-order chi connectivity index (χ0) is 9.19. The van der Waals surface area contributed by atoms with Gasteiger partial charge in [0.1, 0.15) is 0 Å². The molecule has 0 radical (unpaired) electrons. The number of aliphatic hydroxyl groups excluding tert-OH is 1. The van der Waals surface area contributed by atoms with Crippen LogP contribution in [0.25, 0.3) is 0 Å². The second-order valence-corrected chi connectivity index (χ2v) is 3.83. The first-order valence-electron chi connectivity index (χ1n) is 4.52. The number of rotatable bonds is 2. The third-order valence-corrected chi connectivity index (χ3v) is 2.92. The molecule has 1 heterocycles. The van der Waals surface area contributed by atoms with E-state index >= 15 is 0 Å². The molecule has 0 aromatic heterocycles. The van der Waals surface area contributed by atoms with Crippen molar-refractivity contribution in [3.63, 3.8) is 0 Å². The fourth-order valence-corrected chi connectivity index (χ4v) is 1.78. The van der Waals surface area contributed by atoms with Crippen LogP contribution < -0.4 is 5.32 Å². The molecule has 0 bridgehead atoms. The third-order valence-electron chi connectivity index (χ3n) is 2.92. The van der Waals surface area contributed by atoms with E-state index in [1.54, 1.807) is 0 Å². The summed E-state index contributed by atoms with van der Waals surface area (Å²) in [5.41, 5.74) is -0.516. The van der Waals surface area contributed by atoms with Crippen LogP contribution in [0.1, 0.15) is 26.7 Å². The summed E-state index contributed by atoms with van der Waals surface area (Å²) in [5.74, 6) is 0.231. The van der Waals surface area contributed by atoms with E-state index in [4.69, 9.17) is 0 Å². The standard InChI is InChI=1S/C9H17NO2/c1-7(2)9(6-11)4-3-5-10-8(9)12/h7,11H,3-6H2,1-2H3,(H,10,12). The third kappa shape index (κ3) is 1.33. The fourth-order valence-electron chi connectivity index (χ4n) is 1.78. The van der Waals surface area contributed by atoms with E-state index in [9.17, 15) is 9.90 Å². The van der Waals surface area contributed by atoms with E-state index in [0.717, 1.165) is 19.4 Å². The van der Waals surface area contributed by atoms with Gasteiger partial charge in [-0.05, 0) is 18.8 Å². The highest BCUT2D eigenvalue weighted by molar-refractivity contribution is 5.83. The molecule has 0 aromatic carbocycles. The maximum absolute atomic E-state index is 11.5. The Morgan fingerprint density at radius 1 is 1.67 bits per heavy atom. The van der Waals surface area contributed by atoms with Crippen LogP contribution in [-0.4, -0.2) is 24.2 Å². The van der Waals surface area contributed by atoms with Gasteiger partial charge >= 0.3 is 0 Å². The molecule has 0 saturated carbocycles. The Hall–Kier alpha value is -0.570. The van der Waals surface area contributed by atoms with Gasteiger partial charge in [-0.25, -0.2) is 0 Å². The number of aliphatic hydroxyl groups is 1. The molecule has 1 fully saturated rings. The monoisotopic (exact) mass is 171 g/mol. The average Bonchev–Trinajstić information content (AvgIpc) is 2.05. The highest BCUT2D eigenvalue weighted by Crippen LogP contribution is 2.34. The number of hydrogen-bond acceptors (Lipinski definition) is 2. The van der Waals surface area contributed by atoms with Gasteiger partial charge in [-0.3, -0.25) is 4.79 Å². The van der Waals surface area contributed by atoms with Gasteiger partial charge < -0.3 is 10.4 Å². The Bertz CT molecular complexity index is 179. The van der Waals surface area contributed by atoms with Gasteiger partial charge in [-0.1, -0.05) is 13.8 Å². The minimum Gasteiger partial charge on any atom is -0.395 e. The van der Waals surface area contributed by atoms with Crippen molar-refractivity contribution in [2.24, 2.45) is 11.3 Å². The lowest BCUT2D eigenvalue weighted by molar-refractivity contribution is -0.139. The molecular weight excluding hydrogens is 154 g/mol. The Morgan fingerprint density at radius 2 is 2.33 bits per heavy atom. The molecule has 1 aliphatic rings. The van der Waals surface area contributed by atoms with E-state index in [1.165, 1.54) is 0 Å². The second-order valence-electron chi connectivity index (χ2n) is 3.83. The number of nitrogens with one attached hydrogen (secondary N) is 1. The zero-order valence-corrected chi connectivity index (χ0v) is 7.76. The Labute approximate surface area is 73.2 Å². The van der Waals surface area contributed by atoms with Gasteiger partial charge in [0.25, 0.3) is 0 Å². The van der Waals surface area contributed by atoms with Crippen LogP contribution in [0, 0.1) is 11.3 Å². The molecular formula is C9H17NO2. The Balaban J connectivity index is 2.81. The van der Waals surface area contributed by atoms with Crippen molar-refractivity contribution >= 4 is 5.91 Å². The number of carbonyl (C=O) groups is 1. The van der Waals surface area contributed by atoms with Gasteiger partial charge in [0.2, 0.25) is 5.91 Å². The molecule has 12 heavy (non-hydrogen) atoms. The number of hydrogen-bond donors (Lipinski definition) is 2. The quantitative estimate of drug-likeness (QED) is 0.636. The molecule has 3 nitrogen and oxygen atoms in total. The van der Waals surface area contributed by atoms with Gasteiger partial charge in [-0.2, -0.15) is 0 Å². The fraction of sp³-hybridized carbons (Fsp3) is 0.889. The van der Waals surface area contributed by atoms with Gasteiger partial charge in [0.05, 0.1) is 12.0 Å². The predicted molar refractivity (Wildman–Crippen MR) is 46.6 cm³/mol. The molecule has 1 saturated heterocycles. The van der Waals surface area contributed by atoms with E-state index in [-0.39, 0.29) is 18.4 Å². The highest BCUT2D eigenvalue weighted by atomic mass is 16.3. The normalized spacial score (nSPS) is 30.5. The van der Waals surface area contributed by atoms with E-state index in [1.807, 2.05) is 13.8 Å². The predicted octanol–water partition coefficient (Wildman–Crippen LogP) is 0.531. The first-order valence-corrected chi connectivity index (χ1v) is 4.52. The smallest absolute Gasteiger partial charge is 0.228 e. The van der Waals surface area contributed by atoms with Crippen LogP contribution in [0.3, 0.4) is 0 Å². The summed E-state index contributed by atoms with van der Waals surface area (Å²) < 4.78 is 0. The summed E-state index contributed by atoms with van der Waals surface area (Å²) in [6, 6.07) is 0. The molecule has 1 aliphatic heterocycles. The largest absolute Gasteiger partial charge is 0.395 e. The summed E-state index contributed by atoms with van der Waals surface area (Å²) in [5, 5.41) is 12.0. The number of carbonyl (C=O) groups excluding carboxylic acids is 1. The molecule has 2 N–H and O–H groups in total. The van der Waals surface area contributed by atoms with Crippen LogP contribution in [0.5, 0.6) is 0 Å². The molecule has 0 aromatic rings. The average molecular weight is 171 g/mol. The minimum atomic E-state index is -0.516. The zero-order valence-electron chi connectivity index (χ0n) is 7.76. The first kappa shape index (κ1) is 9.52. The van der Waals surface area contributed by atoms with Gasteiger partial charge in [0, 0.05) is 6.54 Å². The van der Waals surface area contributed by atoms with Crippen molar-refractivity contribution in [1.82, 2.24) is 5.32 Å². The number of amides is 1. The first-order chi connectivity index (χ1) is 5.63. The maximum Gasteiger partial charge on any atom is 0.228 e. The molecule has 1 amide bonds. The summed E-state index contributed by atoms with van der Waals surface area (Å²) in [7, 11) is 0. The SMILES string of the molecule is CC(C)C1(CO)CCCNC1=O. The van der Waals surface area contributed by atoms with Crippen molar-refractivity contribution in [3.05, 3.63) is 0 Å². The lowest BCUT2D eigenvalue weighted by atomic mass is 9.72. The lowest BCUT2D eigenvalue weighted by Gasteiger charge is -2.37. The molecule has 0 spiro atoms. The van der Waals surface area contributed by atoms with Gasteiger partial charge in [-0.15, -0.1) is 0 Å². The topological polar surface area (TPSA) is 49.3 Å². The summed E-state index contributed by atoms with van der Waals surface area (Å²) >= 11 is 0. The molecule has 1 rings (SSSR count). The van der Waals surface area contributed by atoms with E-state index in [2.05, 4.69) is 5.32 Å². The maximum atomic E-state index is 11.5. The van der Waals surface area contributed by atoms with Crippen molar-refractivity contribution in [2.75, 3.05) is 13.2 Å². The molecule has 3 heteroatoms. The highest BCUT2D eigenvalue weighted by Gasteiger charge is 2.42. The minimum absolute atomic E-state index is 0.0197. The van der Waals surface area contributed by atoms with Crippen molar-refractivity contribution in [2.45, 2.75) is 26.7 Å². The van der Waals surface area contributed by atoms with Crippen LogP contribution in [0.2, 0.25) is 0 Å². The second kappa shape index (κ2) is 3.44. The Kier molecular flexibility index (Phi) is 2.73. The van der Waals surface area contributed by atoms with Crippen LogP contribution in [0.15, 0.2) is 0 Å².